The SMILES string of the molecule is CCOC(=O)c1cc(-n2ccc(C)n2)c(F)cc1N. The van der Waals surface area contributed by atoms with E-state index < -0.39 is 11.8 Å². The van der Waals surface area contributed by atoms with Crippen LogP contribution in [-0.4, -0.2) is 22.4 Å². The van der Waals surface area contributed by atoms with Gasteiger partial charge in [-0.3, -0.25) is 0 Å². The number of benzene rings is 1. The summed E-state index contributed by atoms with van der Waals surface area (Å²) in [6, 6.07) is 4.17. The fourth-order valence-corrected chi connectivity index (χ4v) is 1.69. The largest absolute Gasteiger partial charge is 0.462 e. The van der Waals surface area contributed by atoms with Gasteiger partial charge in [0.05, 0.1) is 17.9 Å². The van der Waals surface area contributed by atoms with E-state index in [1.165, 1.54) is 10.7 Å². The lowest BCUT2D eigenvalue weighted by Gasteiger charge is -2.09. The van der Waals surface area contributed by atoms with Gasteiger partial charge in [-0.25, -0.2) is 13.9 Å². The van der Waals surface area contributed by atoms with Crippen molar-refractivity contribution in [2.24, 2.45) is 0 Å². The number of hydrogen-bond donors (Lipinski definition) is 1. The number of halogens is 1. The molecule has 0 aliphatic carbocycles. The molecule has 0 saturated heterocycles. The molecule has 2 N–H and O–H groups in total. The molecule has 0 radical (unpaired) electrons. The Labute approximate surface area is 109 Å². The molecular formula is C13H14FN3O2. The Morgan fingerprint density at radius 1 is 1.53 bits per heavy atom. The lowest BCUT2D eigenvalue weighted by Crippen LogP contribution is -2.10. The number of anilines is 1. The van der Waals surface area contributed by atoms with Gasteiger partial charge in [-0.1, -0.05) is 0 Å². The minimum absolute atomic E-state index is 0.0450. The first-order valence-corrected chi connectivity index (χ1v) is 5.81. The standard InChI is InChI=1S/C13H14FN3O2/c1-3-19-13(18)9-6-12(10(14)7-11(9)15)17-5-4-8(2)16-17/h4-7H,3,15H2,1-2H3. The third-order valence-corrected chi connectivity index (χ3v) is 2.58. The van der Waals surface area contributed by atoms with Gasteiger partial charge in [0.25, 0.3) is 0 Å². The van der Waals surface area contributed by atoms with E-state index in [2.05, 4.69) is 5.10 Å². The van der Waals surface area contributed by atoms with Crippen LogP contribution < -0.4 is 5.73 Å². The highest BCUT2D eigenvalue weighted by Gasteiger charge is 2.16. The topological polar surface area (TPSA) is 70.1 Å². The number of carbonyl (C=O) groups is 1. The van der Waals surface area contributed by atoms with Crippen LogP contribution in [0.2, 0.25) is 0 Å². The van der Waals surface area contributed by atoms with Crippen LogP contribution in [0, 0.1) is 12.7 Å². The first-order valence-electron chi connectivity index (χ1n) is 5.81. The molecule has 19 heavy (non-hydrogen) atoms. The van der Waals surface area contributed by atoms with E-state index in [4.69, 9.17) is 10.5 Å². The Balaban J connectivity index is 2.50. The summed E-state index contributed by atoms with van der Waals surface area (Å²) in [5, 5.41) is 4.10. The average molecular weight is 263 g/mol. The molecule has 5 nitrogen and oxygen atoms in total. The van der Waals surface area contributed by atoms with Gasteiger partial charge in [0.15, 0.2) is 5.82 Å². The number of nitrogens with zero attached hydrogens (tertiary/aromatic N) is 2. The second-order valence-corrected chi connectivity index (χ2v) is 4.01. The van der Waals surface area contributed by atoms with Gasteiger partial charge in [-0.05, 0) is 32.0 Å². The van der Waals surface area contributed by atoms with E-state index >= 15 is 0 Å². The van der Waals surface area contributed by atoms with Crippen molar-refractivity contribution in [3.63, 3.8) is 0 Å². The Kier molecular flexibility index (Phi) is 3.50. The molecule has 0 aliphatic rings. The molecule has 0 unspecified atom stereocenters. The van der Waals surface area contributed by atoms with Crippen LogP contribution in [0.1, 0.15) is 23.0 Å². The molecule has 1 aromatic heterocycles. The Bertz CT molecular complexity index is 622. The number of nitrogen functional groups attached to an aromatic ring is 1. The normalized spacial score (nSPS) is 10.5. The zero-order valence-corrected chi connectivity index (χ0v) is 10.7. The van der Waals surface area contributed by atoms with Crippen molar-refractivity contribution in [3.8, 4) is 5.69 Å². The van der Waals surface area contributed by atoms with E-state index in [1.54, 1.807) is 26.1 Å². The summed E-state index contributed by atoms with van der Waals surface area (Å²) in [6.07, 6.45) is 1.61. The van der Waals surface area contributed by atoms with Crippen LogP contribution in [0.25, 0.3) is 5.69 Å². The number of ether oxygens (including phenoxy) is 1. The minimum atomic E-state index is -0.579. The quantitative estimate of drug-likeness (QED) is 0.680. The number of esters is 1. The molecule has 0 amide bonds. The monoisotopic (exact) mass is 263 g/mol. The highest BCUT2D eigenvalue weighted by molar-refractivity contribution is 5.95. The molecule has 0 fully saturated rings. The van der Waals surface area contributed by atoms with Gasteiger partial charge in [-0.15, -0.1) is 0 Å². The first-order chi connectivity index (χ1) is 9.02. The minimum Gasteiger partial charge on any atom is -0.462 e. The number of nitrogens with two attached hydrogens (primary N) is 1. The number of hydrogen-bond acceptors (Lipinski definition) is 4. The Hall–Kier alpha value is -2.37. The maximum atomic E-state index is 13.9. The van der Waals surface area contributed by atoms with Crippen molar-refractivity contribution in [3.05, 3.63) is 41.5 Å². The van der Waals surface area contributed by atoms with Crippen molar-refractivity contribution >= 4 is 11.7 Å². The second kappa shape index (κ2) is 5.09. The molecule has 1 heterocycles. The Morgan fingerprint density at radius 2 is 2.26 bits per heavy atom. The van der Waals surface area contributed by atoms with Gasteiger partial charge in [0.1, 0.15) is 5.69 Å². The molecule has 0 bridgehead atoms. The summed E-state index contributed by atoms with van der Waals surface area (Å²) < 4.78 is 20.1. The molecule has 0 saturated carbocycles. The predicted octanol–water partition coefficient (Wildman–Crippen LogP) is 2.08. The summed E-state index contributed by atoms with van der Waals surface area (Å²) in [6.45, 7) is 3.71. The number of carbonyl (C=O) groups excluding carboxylic acids is 1. The first kappa shape index (κ1) is 13.1. The van der Waals surface area contributed by atoms with Crippen LogP contribution in [-0.2, 0) is 4.74 Å². The molecule has 1 aromatic carbocycles. The fourth-order valence-electron chi connectivity index (χ4n) is 1.69. The van der Waals surface area contributed by atoms with Crippen LogP contribution in [0.4, 0.5) is 10.1 Å². The molecule has 6 heteroatoms. The number of rotatable bonds is 3. The maximum Gasteiger partial charge on any atom is 0.340 e. The molecule has 0 aliphatic heterocycles. The van der Waals surface area contributed by atoms with E-state index in [1.807, 2.05) is 0 Å². The van der Waals surface area contributed by atoms with Crippen LogP contribution in [0.15, 0.2) is 24.4 Å². The van der Waals surface area contributed by atoms with E-state index in [-0.39, 0.29) is 23.5 Å². The van der Waals surface area contributed by atoms with E-state index in [0.717, 1.165) is 11.8 Å². The van der Waals surface area contributed by atoms with E-state index in [9.17, 15) is 9.18 Å². The van der Waals surface area contributed by atoms with E-state index in [0.29, 0.717) is 0 Å². The zero-order valence-electron chi connectivity index (χ0n) is 10.7. The molecule has 0 spiro atoms. The lowest BCUT2D eigenvalue weighted by molar-refractivity contribution is 0.0527. The highest BCUT2D eigenvalue weighted by atomic mass is 19.1. The number of aryl methyl sites for hydroxylation is 1. The van der Waals surface area contributed by atoms with Crippen molar-refractivity contribution < 1.29 is 13.9 Å². The van der Waals surface area contributed by atoms with Crippen molar-refractivity contribution in [1.82, 2.24) is 9.78 Å². The number of aromatic nitrogens is 2. The smallest absolute Gasteiger partial charge is 0.340 e. The molecule has 100 valence electrons. The molecule has 2 rings (SSSR count). The predicted molar refractivity (Wildman–Crippen MR) is 68.6 cm³/mol. The Morgan fingerprint density at radius 3 is 2.84 bits per heavy atom. The molecule has 2 aromatic rings. The van der Waals surface area contributed by atoms with Crippen molar-refractivity contribution in [2.75, 3.05) is 12.3 Å². The van der Waals surface area contributed by atoms with Crippen LogP contribution in [0.3, 0.4) is 0 Å². The van der Waals surface area contributed by atoms with Gasteiger partial charge >= 0.3 is 5.97 Å². The van der Waals surface area contributed by atoms with Gasteiger partial charge < -0.3 is 10.5 Å². The summed E-state index contributed by atoms with van der Waals surface area (Å²) in [5.74, 6) is -1.13. The molecular weight excluding hydrogens is 249 g/mol. The summed E-state index contributed by atoms with van der Waals surface area (Å²) >= 11 is 0. The van der Waals surface area contributed by atoms with Gasteiger partial charge in [0.2, 0.25) is 0 Å². The fraction of sp³-hybridized carbons (Fsp3) is 0.231. The highest BCUT2D eigenvalue weighted by Crippen LogP contribution is 2.22. The van der Waals surface area contributed by atoms with Crippen LogP contribution in [0.5, 0.6) is 0 Å². The zero-order chi connectivity index (χ0) is 14.0. The molecule has 0 atom stereocenters. The second-order valence-electron chi connectivity index (χ2n) is 4.01. The van der Waals surface area contributed by atoms with Crippen molar-refractivity contribution in [2.45, 2.75) is 13.8 Å². The third kappa shape index (κ3) is 2.57. The maximum absolute atomic E-state index is 13.9. The third-order valence-electron chi connectivity index (χ3n) is 2.58. The summed E-state index contributed by atoms with van der Waals surface area (Å²) in [4.78, 5) is 11.7. The van der Waals surface area contributed by atoms with Crippen LogP contribution >= 0.6 is 0 Å². The van der Waals surface area contributed by atoms with Crippen molar-refractivity contribution in [1.29, 1.82) is 0 Å². The summed E-state index contributed by atoms with van der Waals surface area (Å²) in [5.41, 5.74) is 6.71. The lowest BCUT2D eigenvalue weighted by atomic mass is 10.1. The summed E-state index contributed by atoms with van der Waals surface area (Å²) in [7, 11) is 0. The average Bonchev–Trinajstić information content (AvgIpc) is 2.76. The van der Waals surface area contributed by atoms with Gasteiger partial charge in [-0.2, -0.15) is 5.10 Å². The van der Waals surface area contributed by atoms with Gasteiger partial charge in [0, 0.05) is 11.9 Å².